The molecule has 1 heterocycles. The SMILES string of the molecule is COc1ccc(/C=C2/Oc3ccccc3C2=O)c(OC)c1. The summed E-state index contributed by atoms with van der Waals surface area (Å²) in [6, 6.07) is 12.6. The maximum atomic E-state index is 12.3. The van der Waals surface area contributed by atoms with Crippen molar-refractivity contribution in [3.05, 3.63) is 59.4 Å². The van der Waals surface area contributed by atoms with Gasteiger partial charge in [-0.15, -0.1) is 0 Å². The highest BCUT2D eigenvalue weighted by molar-refractivity contribution is 6.14. The van der Waals surface area contributed by atoms with E-state index in [1.165, 1.54) is 0 Å². The van der Waals surface area contributed by atoms with Crippen LogP contribution in [0.5, 0.6) is 17.2 Å². The largest absolute Gasteiger partial charge is 0.497 e. The molecule has 21 heavy (non-hydrogen) atoms. The van der Waals surface area contributed by atoms with Gasteiger partial charge in [-0.1, -0.05) is 12.1 Å². The summed E-state index contributed by atoms with van der Waals surface area (Å²) in [6.07, 6.45) is 1.68. The Morgan fingerprint density at radius 3 is 2.57 bits per heavy atom. The number of hydrogen-bond donors (Lipinski definition) is 0. The third kappa shape index (κ3) is 2.36. The first-order valence-corrected chi connectivity index (χ1v) is 6.48. The maximum absolute atomic E-state index is 12.3. The van der Waals surface area contributed by atoms with Crippen molar-refractivity contribution < 1.29 is 19.0 Å². The van der Waals surface area contributed by atoms with Crippen LogP contribution in [0.1, 0.15) is 15.9 Å². The highest BCUT2D eigenvalue weighted by Crippen LogP contribution is 2.33. The summed E-state index contributed by atoms with van der Waals surface area (Å²) in [5, 5.41) is 0. The highest BCUT2D eigenvalue weighted by Gasteiger charge is 2.26. The summed E-state index contributed by atoms with van der Waals surface area (Å²) < 4.78 is 16.1. The minimum absolute atomic E-state index is 0.122. The number of benzene rings is 2. The highest BCUT2D eigenvalue weighted by atomic mass is 16.5. The van der Waals surface area contributed by atoms with Crippen molar-refractivity contribution in [1.82, 2.24) is 0 Å². The lowest BCUT2D eigenvalue weighted by atomic mass is 10.1. The van der Waals surface area contributed by atoms with Crippen molar-refractivity contribution >= 4 is 11.9 Å². The Morgan fingerprint density at radius 1 is 1.05 bits per heavy atom. The molecule has 0 fully saturated rings. The van der Waals surface area contributed by atoms with E-state index < -0.39 is 0 Å². The second-order valence-electron chi connectivity index (χ2n) is 4.54. The Kier molecular flexibility index (Phi) is 3.36. The van der Waals surface area contributed by atoms with Crippen LogP contribution in [-0.2, 0) is 0 Å². The molecule has 0 saturated heterocycles. The average Bonchev–Trinajstić information content (AvgIpc) is 2.84. The van der Waals surface area contributed by atoms with Crippen molar-refractivity contribution in [2.75, 3.05) is 14.2 Å². The Bertz CT molecular complexity index is 731. The van der Waals surface area contributed by atoms with Gasteiger partial charge in [-0.3, -0.25) is 4.79 Å². The number of Topliss-reactive ketones (excluding diaryl/α,β-unsaturated/α-hetero) is 1. The Hall–Kier alpha value is -2.75. The molecule has 4 nitrogen and oxygen atoms in total. The van der Waals surface area contributed by atoms with Crippen LogP contribution in [0.15, 0.2) is 48.2 Å². The van der Waals surface area contributed by atoms with E-state index in [0.29, 0.717) is 28.6 Å². The minimum atomic E-state index is -0.122. The lowest BCUT2D eigenvalue weighted by molar-refractivity contribution is 0.101. The summed E-state index contributed by atoms with van der Waals surface area (Å²) in [4.78, 5) is 12.3. The fourth-order valence-corrected chi connectivity index (χ4v) is 2.21. The number of rotatable bonds is 3. The van der Waals surface area contributed by atoms with Gasteiger partial charge in [0.15, 0.2) is 5.76 Å². The first-order valence-electron chi connectivity index (χ1n) is 6.48. The number of allylic oxidation sites excluding steroid dienone is 1. The molecule has 0 aromatic heterocycles. The van der Waals surface area contributed by atoms with E-state index in [1.807, 2.05) is 24.3 Å². The summed E-state index contributed by atoms with van der Waals surface area (Å²) in [7, 11) is 3.16. The van der Waals surface area contributed by atoms with Crippen LogP contribution in [0.3, 0.4) is 0 Å². The van der Waals surface area contributed by atoms with E-state index in [9.17, 15) is 4.79 Å². The number of methoxy groups -OCH3 is 2. The number of hydrogen-bond acceptors (Lipinski definition) is 4. The molecule has 0 saturated carbocycles. The van der Waals surface area contributed by atoms with E-state index >= 15 is 0 Å². The molecule has 0 amide bonds. The molecular weight excluding hydrogens is 268 g/mol. The van der Waals surface area contributed by atoms with Crippen molar-refractivity contribution in [2.24, 2.45) is 0 Å². The van der Waals surface area contributed by atoms with Crippen LogP contribution in [-0.4, -0.2) is 20.0 Å². The molecule has 106 valence electrons. The predicted molar refractivity (Wildman–Crippen MR) is 78.9 cm³/mol. The molecule has 2 aromatic carbocycles. The lowest BCUT2D eigenvalue weighted by Crippen LogP contribution is -1.99. The average molecular weight is 282 g/mol. The molecule has 0 aliphatic carbocycles. The van der Waals surface area contributed by atoms with Crippen LogP contribution in [0.2, 0.25) is 0 Å². The number of carbonyl (C=O) groups is 1. The summed E-state index contributed by atoms with van der Waals surface area (Å²) in [5.41, 5.74) is 1.34. The zero-order valence-electron chi connectivity index (χ0n) is 11.8. The van der Waals surface area contributed by atoms with Crippen LogP contribution in [0, 0.1) is 0 Å². The quantitative estimate of drug-likeness (QED) is 0.810. The molecule has 1 aliphatic heterocycles. The first kappa shape index (κ1) is 13.2. The van der Waals surface area contributed by atoms with Gasteiger partial charge in [-0.05, 0) is 30.3 Å². The van der Waals surface area contributed by atoms with Crippen molar-refractivity contribution in [3.8, 4) is 17.2 Å². The lowest BCUT2D eigenvalue weighted by Gasteiger charge is -2.07. The fourth-order valence-electron chi connectivity index (χ4n) is 2.21. The monoisotopic (exact) mass is 282 g/mol. The summed E-state index contributed by atoms with van der Waals surface area (Å²) in [6.45, 7) is 0. The van der Waals surface area contributed by atoms with Gasteiger partial charge in [0.2, 0.25) is 5.78 Å². The fraction of sp³-hybridized carbons (Fsp3) is 0.118. The van der Waals surface area contributed by atoms with Gasteiger partial charge in [0.25, 0.3) is 0 Å². The molecule has 0 atom stereocenters. The van der Waals surface area contributed by atoms with E-state index in [4.69, 9.17) is 14.2 Å². The molecule has 0 N–H and O–H groups in total. The molecule has 0 bridgehead atoms. The standard InChI is InChI=1S/C17H14O4/c1-19-12-8-7-11(15(10-12)20-2)9-16-17(18)13-5-3-4-6-14(13)21-16/h3-10H,1-2H3/b16-9+. The second kappa shape index (κ2) is 5.32. The minimum Gasteiger partial charge on any atom is -0.497 e. The number of ether oxygens (including phenoxy) is 3. The first-order chi connectivity index (χ1) is 10.2. The van der Waals surface area contributed by atoms with E-state index in [0.717, 1.165) is 5.56 Å². The molecule has 4 heteroatoms. The van der Waals surface area contributed by atoms with Crippen molar-refractivity contribution in [2.45, 2.75) is 0 Å². The van der Waals surface area contributed by atoms with Crippen LogP contribution < -0.4 is 14.2 Å². The van der Waals surface area contributed by atoms with Crippen molar-refractivity contribution in [1.29, 1.82) is 0 Å². The topological polar surface area (TPSA) is 44.8 Å². The molecular formula is C17H14O4. The van der Waals surface area contributed by atoms with E-state index in [-0.39, 0.29) is 5.78 Å². The Balaban J connectivity index is 1.99. The zero-order valence-corrected chi connectivity index (χ0v) is 11.8. The van der Waals surface area contributed by atoms with Gasteiger partial charge < -0.3 is 14.2 Å². The van der Waals surface area contributed by atoms with Crippen LogP contribution in [0.25, 0.3) is 6.08 Å². The van der Waals surface area contributed by atoms with E-state index in [2.05, 4.69) is 0 Å². The van der Waals surface area contributed by atoms with Crippen LogP contribution >= 0.6 is 0 Å². The zero-order chi connectivity index (χ0) is 14.8. The third-order valence-corrected chi connectivity index (χ3v) is 3.30. The number of fused-ring (bicyclic) bond motifs is 1. The Labute approximate surface area is 122 Å². The molecule has 0 spiro atoms. The third-order valence-electron chi connectivity index (χ3n) is 3.30. The predicted octanol–water partition coefficient (Wildman–Crippen LogP) is 3.32. The number of carbonyl (C=O) groups excluding carboxylic acids is 1. The number of ketones is 1. The summed E-state index contributed by atoms with van der Waals surface area (Å²) in [5.74, 6) is 2.06. The van der Waals surface area contributed by atoms with E-state index in [1.54, 1.807) is 38.5 Å². The van der Waals surface area contributed by atoms with Gasteiger partial charge >= 0.3 is 0 Å². The molecule has 2 aromatic rings. The van der Waals surface area contributed by atoms with Gasteiger partial charge in [-0.2, -0.15) is 0 Å². The van der Waals surface area contributed by atoms with Crippen molar-refractivity contribution in [3.63, 3.8) is 0 Å². The molecule has 3 rings (SSSR count). The van der Waals surface area contributed by atoms with Gasteiger partial charge in [0.05, 0.1) is 19.8 Å². The van der Waals surface area contributed by atoms with Gasteiger partial charge in [0.1, 0.15) is 17.2 Å². The van der Waals surface area contributed by atoms with Crippen LogP contribution in [0.4, 0.5) is 0 Å². The second-order valence-corrected chi connectivity index (χ2v) is 4.54. The van der Waals surface area contributed by atoms with Gasteiger partial charge in [-0.25, -0.2) is 0 Å². The normalized spacial score (nSPS) is 14.8. The smallest absolute Gasteiger partial charge is 0.231 e. The number of para-hydroxylation sites is 1. The Morgan fingerprint density at radius 2 is 1.86 bits per heavy atom. The molecule has 0 radical (unpaired) electrons. The molecule has 1 aliphatic rings. The van der Waals surface area contributed by atoms with Gasteiger partial charge in [0, 0.05) is 11.6 Å². The molecule has 0 unspecified atom stereocenters. The summed E-state index contributed by atoms with van der Waals surface area (Å²) >= 11 is 0. The maximum Gasteiger partial charge on any atom is 0.231 e.